The molecule has 1 aromatic heterocycles. The molecule has 0 fully saturated rings. The van der Waals surface area contributed by atoms with Gasteiger partial charge in [-0.3, -0.25) is 0 Å². The Labute approximate surface area is 89.0 Å². The first-order chi connectivity index (χ1) is 7.31. The molecule has 3 nitrogen and oxygen atoms in total. The summed E-state index contributed by atoms with van der Waals surface area (Å²) in [5, 5.41) is 0. The molecule has 0 aliphatic carbocycles. The molecule has 0 radical (unpaired) electrons. The maximum Gasteiger partial charge on any atom is 0.125 e. The number of benzene rings is 1. The highest BCUT2D eigenvalue weighted by Crippen LogP contribution is 2.20. The van der Waals surface area contributed by atoms with E-state index in [1.165, 1.54) is 0 Å². The van der Waals surface area contributed by atoms with Gasteiger partial charge in [-0.15, -0.1) is 0 Å². The van der Waals surface area contributed by atoms with Gasteiger partial charge < -0.3 is 5.73 Å². The molecule has 2 aromatic rings. The van der Waals surface area contributed by atoms with E-state index in [9.17, 15) is 0 Å². The highest BCUT2D eigenvalue weighted by molar-refractivity contribution is 5.63. The molecule has 0 atom stereocenters. The van der Waals surface area contributed by atoms with E-state index < -0.39 is 0 Å². The molecule has 1 aromatic carbocycles. The van der Waals surface area contributed by atoms with Gasteiger partial charge in [-0.05, 0) is 18.6 Å². The molecule has 15 heavy (non-hydrogen) atoms. The van der Waals surface area contributed by atoms with Gasteiger partial charge in [0.05, 0.1) is 5.69 Å². The van der Waals surface area contributed by atoms with Gasteiger partial charge in [0.2, 0.25) is 0 Å². The smallest absolute Gasteiger partial charge is 0.125 e. The molecule has 3 heteroatoms. The molecule has 0 saturated carbocycles. The molecule has 2 rings (SSSR count). The number of nitrogens with two attached hydrogens (primary N) is 1. The van der Waals surface area contributed by atoms with Crippen molar-refractivity contribution >= 4 is 0 Å². The summed E-state index contributed by atoms with van der Waals surface area (Å²) in [5.74, 6) is 0.777. The zero-order valence-corrected chi connectivity index (χ0v) is 8.64. The van der Waals surface area contributed by atoms with E-state index in [1.54, 1.807) is 6.20 Å². The van der Waals surface area contributed by atoms with Gasteiger partial charge >= 0.3 is 0 Å². The second-order valence-electron chi connectivity index (χ2n) is 3.35. The Morgan fingerprint density at radius 1 is 1.20 bits per heavy atom. The van der Waals surface area contributed by atoms with E-state index >= 15 is 0 Å². The van der Waals surface area contributed by atoms with Crippen molar-refractivity contribution in [1.29, 1.82) is 0 Å². The number of hydrogen-bond donors (Lipinski definition) is 1. The lowest BCUT2D eigenvalue weighted by Gasteiger charge is -2.06. The molecular formula is C12H13N3. The van der Waals surface area contributed by atoms with E-state index in [4.69, 9.17) is 5.73 Å². The summed E-state index contributed by atoms with van der Waals surface area (Å²) in [4.78, 5) is 8.46. The summed E-state index contributed by atoms with van der Waals surface area (Å²) in [6.07, 6.45) is 1.77. The predicted molar refractivity (Wildman–Crippen MR) is 60.1 cm³/mol. The molecule has 0 aliphatic heterocycles. The number of rotatable bonds is 2. The van der Waals surface area contributed by atoms with Crippen molar-refractivity contribution in [2.75, 3.05) is 0 Å². The largest absolute Gasteiger partial charge is 0.326 e. The van der Waals surface area contributed by atoms with Crippen LogP contribution in [0.15, 0.2) is 36.5 Å². The Morgan fingerprint density at radius 2 is 2.00 bits per heavy atom. The third-order valence-corrected chi connectivity index (χ3v) is 2.29. The molecule has 1 heterocycles. The number of aromatic nitrogens is 2. The van der Waals surface area contributed by atoms with E-state index in [0.717, 1.165) is 22.6 Å². The van der Waals surface area contributed by atoms with Crippen LogP contribution >= 0.6 is 0 Å². The van der Waals surface area contributed by atoms with Crippen LogP contribution in [0.4, 0.5) is 0 Å². The minimum Gasteiger partial charge on any atom is -0.326 e. The molecule has 0 spiro atoms. The van der Waals surface area contributed by atoms with Crippen LogP contribution in [0.2, 0.25) is 0 Å². The van der Waals surface area contributed by atoms with Crippen molar-refractivity contribution < 1.29 is 0 Å². The average Bonchev–Trinajstić information content (AvgIpc) is 2.29. The maximum absolute atomic E-state index is 5.68. The second-order valence-corrected chi connectivity index (χ2v) is 3.35. The van der Waals surface area contributed by atoms with Gasteiger partial charge in [-0.25, -0.2) is 9.97 Å². The molecular weight excluding hydrogens is 186 g/mol. The van der Waals surface area contributed by atoms with Crippen molar-refractivity contribution in [1.82, 2.24) is 9.97 Å². The fraction of sp³-hybridized carbons (Fsp3) is 0.167. The van der Waals surface area contributed by atoms with Gasteiger partial charge in [0.15, 0.2) is 0 Å². The van der Waals surface area contributed by atoms with Crippen LogP contribution in [-0.2, 0) is 6.54 Å². The first-order valence-corrected chi connectivity index (χ1v) is 4.89. The highest BCUT2D eigenvalue weighted by Gasteiger charge is 2.04. The number of aryl methyl sites for hydroxylation is 1. The number of hydrogen-bond acceptors (Lipinski definition) is 3. The van der Waals surface area contributed by atoms with Gasteiger partial charge in [-0.2, -0.15) is 0 Å². The van der Waals surface area contributed by atoms with Gasteiger partial charge in [0.25, 0.3) is 0 Å². The fourth-order valence-electron chi connectivity index (χ4n) is 1.55. The molecule has 0 aliphatic rings. The normalized spacial score (nSPS) is 10.3. The molecule has 0 saturated heterocycles. The zero-order chi connectivity index (χ0) is 10.7. The minimum atomic E-state index is 0.527. The molecule has 76 valence electrons. The van der Waals surface area contributed by atoms with Gasteiger partial charge in [0, 0.05) is 18.3 Å². The second kappa shape index (κ2) is 4.19. The third kappa shape index (κ3) is 2.02. The van der Waals surface area contributed by atoms with Crippen LogP contribution in [0, 0.1) is 6.92 Å². The number of nitrogens with zero attached hydrogens (tertiary/aromatic N) is 2. The Kier molecular flexibility index (Phi) is 2.74. The molecule has 0 amide bonds. The average molecular weight is 199 g/mol. The topological polar surface area (TPSA) is 51.8 Å². The van der Waals surface area contributed by atoms with Crippen molar-refractivity contribution in [3.63, 3.8) is 0 Å². The Balaban J connectivity index is 2.53. The highest BCUT2D eigenvalue weighted by atomic mass is 14.9. The summed E-state index contributed by atoms with van der Waals surface area (Å²) < 4.78 is 0. The maximum atomic E-state index is 5.68. The molecule has 0 bridgehead atoms. The van der Waals surface area contributed by atoms with Crippen LogP contribution in [0.1, 0.15) is 11.4 Å². The van der Waals surface area contributed by atoms with Crippen LogP contribution in [-0.4, -0.2) is 9.97 Å². The summed E-state index contributed by atoms with van der Waals surface area (Å²) in [7, 11) is 0. The lowest BCUT2D eigenvalue weighted by atomic mass is 10.0. The van der Waals surface area contributed by atoms with E-state index in [-0.39, 0.29) is 0 Å². The monoisotopic (exact) mass is 199 g/mol. The van der Waals surface area contributed by atoms with Crippen LogP contribution in [0.25, 0.3) is 11.3 Å². The first kappa shape index (κ1) is 9.80. The van der Waals surface area contributed by atoms with Crippen LogP contribution in [0.5, 0.6) is 0 Å². The molecule has 0 unspecified atom stereocenters. The molecule has 2 N–H and O–H groups in total. The minimum absolute atomic E-state index is 0.527. The zero-order valence-electron chi connectivity index (χ0n) is 8.64. The van der Waals surface area contributed by atoms with Crippen molar-refractivity contribution in [3.8, 4) is 11.3 Å². The predicted octanol–water partition coefficient (Wildman–Crippen LogP) is 1.91. The Hall–Kier alpha value is -1.74. The van der Waals surface area contributed by atoms with Crippen LogP contribution in [0.3, 0.4) is 0 Å². The first-order valence-electron chi connectivity index (χ1n) is 4.89. The van der Waals surface area contributed by atoms with Crippen molar-refractivity contribution in [2.24, 2.45) is 5.73 Å². The fourth-order valence-corrected chi connectivity index (χ4v) is 1.55. The summed E-state index contributed by atoms with van der Waals surface area (Å²) in [6, 6.07) is 9.93. The SMILES string of the molecule is Cc1nccc(-c2ccccc2CN)n1. The Morgan fingerprint density at radius 3 is 2.73 bits per heavy atom. The van der Waals surface area contributed by atoms with E-state index in [2.05, 4.69) is 9.97 Å². The summed E-state index contributed by atoms with van der Waals surface area (Å²) in [5.41, 5.74) is 8.81. The summed E-state index contributed by atoms with van der Waals surface area (Å²) >= 11 is 0. The van der Waals surface area contributed by atoms with Gasteiger partial charge in [-0.1, -0.05) is 24.3 Å². The summed E-state index contributed by atoms with van der Waals surface area (Å²) in [6.45, 7) is 2.41. The lowest BCUT2D eigenvalue weighted by molar-refractivity contribution is 1.04. The van der Waals surface area contributed by atoms with E-state index in [0.29, 0.717) is 6.54 Å². The Bertz CT molecular complexity index is 466. The van der Waals surface area contributed by atoms with Gasteiger partial charge in [0.1, 0.15) is 5.82 Å². The van der Waals surface area contributed by atoms with Crippen molar-refractivity contribution in [3.05, 3.63) is 47.9 Å². The van der Waals surface area contributed by atoms with E-state index in [1.807, 2.05) is 37.3 Å². The van der Waals surface area contributed by atoms with Crippen molar-refractivity contribution in [2.45, 2.75) is 13.5 Å². The lowest BCUT2D eigenvalue weighted by Crippen LogP contribution is -2.00. The third-order valence-electron chi connectivity index (χ3n) is 2.29. The standard InChI is InChI=1S/C12H13N3/c1-9-14-7-6-12(15-9)11-5-3-2-4-10(11)8-13/h2-7H,8,13H2,1H3. The van der Waals surface area contributed by atoms with Crippen LogP contribution < -0.4 is 5.73 Å². The quantitative estimate of drug-likeness (QED) is 0.803.